The number of tetrazole rings is 1. The summed E-state index contributed by atoms with van der Waals surface area (Å²) in [6.45, 7) is 2.07. The maximum absolute atomic E-state index is 4.02. The molecule has 3 rings (SSSR count). The van der Waals surface area contributed by atoms with Crippen molar-refractivity contribution in [2.75, 3.05) is 0 Å². The van der Waals surface area contributed by atoms with Crippen LogP contribution in [-0.4, -0.2) is 20.6 Å². The average molecular weight is 249 g/mol. The minimum atomic E-state index is 0.129. The van der Waals surface area contributed by atoms with Gasteiger partial charge in [0.2, 0.25) is 0 Å². The van der Waals surface area contributed by atoms with Crippen molar-refractivity contribution in [3.05, 3.63) is 27.7 Å². The lowest BCUT2D eigenvalue weighted by Crippen LogP contribution is -2.27. The van der Waals surface area contributed by atoms with Gasteiger partial charge in [0.1, 0.15) is 0 Å². The fraction of sp³-hybridized carbons (Fsp3) is 0.545. The second-order valence-electron chi connectivity index (χ2n) is 4.40. The number of nitrogens with one attached hydrogen (secondary N) is 2. The summed E-state index contributed by atoms with van der Waals surface area (Å²) < 4.78 is 0. The normalized spacial score (nSPS) is 21.1. The Labute approximate surface area is 104 Å². The smallest absolute Gasteiger partial charge is 0.191 e. The van der Waals surface area contributed by atoms with Crippen LogP contribution in [-0.2, 0) is 6.42 Å². The molecule has 1 aliphatic carbocycles. The number of hydrogen-bond donors (Lipinski definition) is 2. The van der Waals surface area contributed by atoms with Crippen molar-refractivity contribution in [2.45, 2.75) is 38.3 Å². The second-order valence-corrected chi connectivity index (χ2v) is 5.40. The molecular formula is C11H15N5S. The number of fused-ring (bicyclic) bond motifs is 1. The van der Waals surface area contributed by atoms with Gasteiger partial charge < -0.3 is 5.32 Å². The van der Waals surface area contributed by atoms with Gasteiger partial charge in [-0.25, -0.2) is 0 Å². The van der Waals surface area contributed by atoms with Crippen molar-refractivity contribution >= 4 is 11.3 Å². The number of hydrogen-bond acceptors (Lipinski definition) is 5. The van der Waals surface area contributed by atoms with E-state index in [-0.39, 0.29) is 6.04 Å². The Hall–Kier alpha value is -1.27. The Morgan fingerprint density at radius 3 is 3.35 bits per heavy atom. The number of aromatic nitrogens is 4. The van der Waals surface area contributed by atoms with Gasteiger partial charge in [-0.3, -0.25) is 0 Å². The molecule has 0 fully saturated rings. The van der Waals surface area contributed by atoms with Gasteiger partial charge in [0.05, 0.1) is 6.04 Å². The fourth-order valence-electron chi connectivity index (χ4n) is 2.39. The van der Waals surface area contributed by atoms with Crippen molar-refractivity contribution in [1.82, 2.24) is 25.9 Å². The standard InChI is InChI=1S/C11H15N5S/c1-7(11-13-15-16-14-11)12-9-3-2-4-10-8(9)5-6-17-10/h5-7,9,12H,2-4H2,1H3,(H,13,14,15,16). The predicted molar refractivity (Wildman–Crippen MR) is 65.7 cm³/mol. The molecule has 0 spiro atoms. The highest BCUT2D eigenvalue weighted by Crippen LogP contribution is 2.34. The van der Waals surface area contributed by atoms with Gasteiger partial charge in [-0.15, -0.1) is 21.5 Å². The molecule has 0 bridgehead atoms. The number of aromatic amines is 1. The zero-order valence-electron chi connectivity index (χ0n) is 9.68. The molecule has 2 heterocycles. The number of rotatable bonds is 3. The van der Waals surface area contributed by atoms with Crippen molar-refractivity contribution < 1.29 is 0 Å². The zero-order valence-corrected chi connectivity index (χ0v) is 10.5. The third kappa shape index (κ3) is 2.10. The van der Waals surface area contributed by atoms with Crippen LogP contribution >= 0.6 is 11.3 Å². The van der Waals surface area contributed by atoms with Crippen LogP contribution < -0.4 is 5.32 Å². The number of thiophene rings is 1. The first kappa shape index (κ1) is 10.9. The van der Waals surface area contributed by atoms with Gasteiger partial charge in [0.15, 0.2) is 5.82 Å². The summed E-state index contributed by atoms with van der Waals surface area (Å²) in [6, 6.07) is 2.79. The van der Waals surface area contributed by atoms with Crippen LogP contribution in [0.2, 0.25) is 0 Å². The van der Waals surface area contributed by atoms with Gasteiger partial charge in [0, 0.05) is 10.9 Å². The molecule has 17 heavy (non-hydrogen) atoms. The van der Waals surface area contributed by atoms with Crippen LogP contribution in [0.4, 0.5) is 0 Å². The quantitative estimate of drug-likeness (QED) is 0.873. The van der Waals surface area contributed by atoms with Gasteiger partial charge in [0.25, 0.3) is 0 Å². The van der Waals surface area contributed by atoms with E-state index in [1.807, 2.05) is 11.3 Å². The zero-order chi connectivity index (χ0) is 11.7. The molecule has 2 atom stereocenters. The predicted octanol–water partition coefficient (Wildman–Crippen LogP) is 1.99. The molecular weight excluding hydrogens is 234 g/mol. The Morgan fingerprint density at radius 2 is 2.53 bits per heavy atom. The van der Waals surface area contributed by atoms with Crippen molar-refractivity contribution in [1.29, 1.82) is 0 Å². The van der Waals surface area contributed by atoms with Gasteiger partial charge in [-0.05, 0) is 43.2 Å². The Morgan fingerprint density at radius 1 is 1.59 bits per heavy atom. The van der Waals surface area contributed by atoms with Gasteiger partial charge in [-0.1, -0.05) is 5.21 Å². The fourth-order valence-corrected chi connectivity index (χ4v) is 3.38. The molecule has 0 radical (unpaired) electrons. The first-order chi connectivity index (χ1) is 8.34. The van der Waals surface area contributed by atoms with Crippen LogP contribution in [0.25, 0.3) is 0 Å². The largest absolute Gasteiger partial charge is 0.300 e. The van der Waals surface area contributed by atoms with Crippen molar-refractivity contribution in [2.24, 2.45) is 0 Å². The minimum Gasteiger partial charge on any atom is -0.300 e. The molecule has 2 aromatic rings. The summed E-state index contributed by atoms with van der Waals surface area (Å²) in [5, 5.41) is 19.9. The van der Waals surface area contributed by atoms with Crippen molar-refractivity contribution in [3.8, 4) is 0 Å². The van der Waals surface area contributed by atoms with E-state index >= 15 is 0 Å². The highest BCUT2D eigenvalue weighted by Gasteiger charge is 2.23. The van der Waals surface area contributed by atoms with E-state index < -0.39 is 0 Å². The summed E-state index contributed by atoms with van der Waals surface area (Å²) in [5.41, 5.74) is 1.46. The molecule has 6 heteroatoms. The van der Waals surface area contributed by atoms with Gasteiger partial charge >= 0.3 is 0 Å². The Bertz CT molecular complexity index is 478. The van der Waals surface area contributed by atoms with Crippen LogP contribution in [0.3, 0.4) is 0 Å². The van der Waals surface area contributed by atoms with Gasteiger partial charge in [-0.2, -0.15) is 5.21 Å². The van der Waals surface area contributed by atoms with E-state index in [2.05, 4.69) is 44.3 Å². The SMILES string of the molecule is CC(NC1CCCc2sccc21)c1nn[nH]n1. The molecule has 0 aliphatic heterocycles. The van der Waals surface area contributed by atoms with E-state index in [1.165, 1.54) is 29.7 Å². The first-order valence-corrected chi connectivity index (χ1v) is 6.78. The topological polar surface area (TPSA) is 66.5 Å². The lowest BCUT2D eigenvalue weighted by Gasteiger charge is -2.26. The lowest BCUT2D eigenvalue weighted by molar-refractivity contribution is 0.408. The molecule has 0 amide bonds. The van der Waals surface area contributed by atoms with Crippen LogP contribution in [0, 0.1) is 0 Å². The molecule has 1 aliphatic rings. The minimum absolute atomic E-state index is 0.129. The van der Waals surface area contributed by atoms with Crippen LogP contribution in [0.5, 0.6) is 0 Å². The van der Waals surface area contributed by atoms with E-state index in [4.69, 9.17) is 0 Å². The van der Waals surface area contributed by atoms with E-state index in [9.17, 15) is 0 Å². The molecule has 2 N–H and O–H groups in total. The number of nitrogens with zero attached hydrogens (tertiary/aromatic N) is 3. The summed E-state index contributed by atoms with van der Waals surface area (Å²) in [4.78, 5) is 1.52. The van der Waals surface area contributed by atoms with Crippen LogP contribution in [0.1, 0.15) is 48.1 Å². The molecule has 2 unspecified atom stereocenters. The summed E-state index contributed by atoms with van der Waals surface area (Å²) >= 11 is 1.86. The Balaban J connectivity index is 1.75. The number of H-pyrrole nitrogens is 1. The number of aryl methyl sites for hydroxylation is 1. The highest BCUT2D eigenvalue weighted by atomic mass is 32.1. The molecule has 0 saturated carbocycles. The molecule has 90 valence electrons. The Kier molecular flexibility index (Phi) is 2.90. The summed E-state index contributed by atoms with van der Waals surface area (Å²) in [5.74, 6) is 0.729. The summed E-state index contributed by atoms with van der Waals surface area (Å²) in [6.07, 6.45) is 3.66. The average Bonchev–Trinajstić information content (AvgIpc) is 3.00. The second kappa shape index (κ2) is 4.54. The summed E-state index contributed by atoms with van der Waals surface area (Å²) in [7, 11) is 0. The third-order valence-electron chi connectivity index (χ3n) is 3.25. The highest BCUT2D eigenvalue weighted by molar-refractivity contribution is 7.10. The van der Waals surface area contributed by atoms with E-state index in [1.54, 1.807) is 0 Å². The van der Waals surface area contributed by atoms with E-state index in [0.717, 1.165) is 5.82 Å². The van der Waals surface area contributed by atoms with Crippen molar-refractivity contribution in [3.63, 3.8) is 0 Å². The maximum Gasteiger partial charge on any atom is 0.191 e. The van der Waals surface area contributed by atoms with Crippen LogP contribution in [0.15, 0.2) is 11.4 Å². The molecule has 0 saturated heterocycles. The van der Waals surface area contributed by atoms with E-state index in [0.29, 0.717) is 6.04 Å². The third-order valence-corrected chi connectivity index (χ3v) is 4.25. The maximum atomic E-state index is 4.02. The first-order valence-electron chi connectivity index (χ1n) is 5.90. The molecule has 0 aromatic carbocycles. The molecule has 2 aromatic heterocycles. The molecule has 5 nitrogen and oxygen atoms in total. The monoisotopic (exact) mass is 249 g/mol. The lowest BCUT2D eigenvalue weighted by atomic mass is 9.93.